The topological polar surface area (TPSA) is 24.9 Å². The third kappa shape index (κ3) is 3.05. The van der Waals surface area contributed by atoms with Crippen molar-refractivity contribution < 1.29 is 0 Å². The average molecular weight is 238 g/mol. The highest BCUT2D eigenvalue weighted by atomic mass is 32.1. The molecule has 0 bridgehead atoms. The number of nitrogens with zero attached hydrogens (tertiary/aromatic N) is 1. The summed E-state index contributed by atoms with van der Waals surface area (Å²) in [6.07, 6.45) is 6.07. The Morgan fingerprint density at radius 1 is 1.56 bits per heavy atom. The SMILES string of the molecule is Cc1cnc(C(C)CNC2CCC(C)C2)s1. The van der Waals surface area contributed by atoms with Crippen LogP contribution in [-0.2, 0) is 0 Å². The number of aryl methyl sites for hydroxylation is 1. The largest absolute Gasteiger partial charge is 0.313 e. The van der Waals surface area contributed by atoms with Crippen molar-refractivity contribution in [3.63, 3.8) is 0 Å². The number of nitrogens with one attached hydrogen (secondary N) is 1. The number of rotatable bonds is 4. The van der Waals surface area contributed by atoms with Crippen molar-refractivity contribution >= 4 is 11.3 Å². The Balaban J connectivity index is 1.77. The van der Waals surface area contributed by atoms with Crippen LogP contribution < -0.4 is 5.32 Å². The van der Waals surface area contributed by atoms with Crippen molar-refractivity contribution in [1.29, 1.82) is 0 Å². The van der Waals surface area contributed by atoms with Gasteiger partial charge >= 0.3 is 0 Å². The van der Waals surface area contributed by atoms with Crippen LogP contribution in [0.15, 0.2) is 6.20 Å². The van der Waals surface area contributed by atoms with Crippen molar-refractivity contribution in [1.82, 2.24) is 10.3 Å². The van der Waals surface area contributed by atoms with Crippen LogP contribution in [0.3, 0.4) is 0 Å². The normalized spacial score (nSPS) is 27.2. The molecule has 16 heavy (non-hydrogen) atoms. The summed E-state index contributed by atoms with van der Waals surface area (Å²) >= 11 is 1.83. The molecular formula is C13H22N2S. The van der Waals surface area contributed by atoms with Gasteiger partial charge in [0.05, 0.1) is 5.01 Å². The molecule has 1 N–H and O–H groups in total. The van der Waals surface area contributed by atoms with Crippen LogP contribution >= 0.6 is 11.3 Å². The van der Waals surface area contributed by atoms with Gasteiger partial charge in [-0.15, -0.1) is 11.3 Å². The molecule has 2 nitrogen and oxygen atoms in total. The van der Waals surface area contributed by atoms with Crippen molar-refractivity contribution in [2.45, 2.75) is 52.0 Å². The molecule has 3 unspecified atom stereocenters. The van der Waals surface area contributed by atoms with Crippen LogP contribution in [0.4, 0.5) is 0 Å². The first-order chi connectivity index (χ1) is 7.65. The van der Waals surface area contributed by atoms with Gasteiger partial charge in [0.25, 0.3) is 0 Å². The van der Waals surface area contributed by atoms with E-state index in [1.165, 1.54) is 29.1 Å². The third-order valence-electron chi connectivity index (χ3n) is 3.47. The minimum atomic E-state index is 0.551. The molecule has 1 fully saturated rings. The van der Waals surface area contributed by atoms with Gasteiger partial charge < -0.3 is 5.32 Å². The van der Waals surface area contributed by atoms with Gasteiger partial charge in [-0.25, -0.2) is 4.98 Å². The number of hydrogen-bond acceptors (Lipinski definition) is 3. The van der Waals surface area contributed by atoms with Crippen molar-refractivity contribution in [3.05, 3.63) is 16.1 Å². The molecule has 2 rings (SSSR count). The van der Waals surface area contributed by atoms with Gasteiger partial charge in [0, 0.05) is 29.6 Å². The van der Waals surface area contributed by atoms with Gasteiger partial charge in [-0.3, -0.25) is 0 Å². The lowest BCUT2D eigenvalue weighted by atomic mass is 10.1. The Labute approximate surface area is 102 Å². The summed E-state index contributed by atoms with van der Waals surface area (Å²) < 4.78 is 0. The minimum Gasteiger partial charge on any atom is -0.313 e. The quantitative estimate of drug-likeness (QED) is 0.870. The molecule has 0 aromatic carbocycles. The third-order valence-corrected chi connectivity index (χ3v) is 4.61. The molecule has 1 aliphatic rings. The van der Waals surface area contributed by atoms with E-state index in [2.05, 4.69) is 31.1 Å². The zero-order valence-corrected chi connectivity index (χ0v) is 11.3. The molecule has 1 saturated carbocycles. The maximum Gasteiger partial charge on any atom is 0.0968 e. The van der Waals surface area contributed by atoms with Gasteiger partial charge in [-0.05, 0) is 32.1 Å². The van der Waals surface area contributed by atoms with Crippen molar-refractivity contribution in [2.75, 3.05) is 6.54 Å². The smallest absolute Gasteiger partial charge is 0.0968 e. The van der Waals surface area contributed by atoms with Gasteiger partial charge in [-0.2, -0.15) is 0 Å². The molecule has 3 heteroatoms. The Morgan fingerprint density at radius 3 is 2.94 bits per heavy atom. The van der Waals surface area contributed by atoms with E-state index in [1.807, 2.05) is 17.5 Å². The van der Waals surface area contributed by atoms with Crippen molar-refractivity contribution in [3.8, 4) is 0 Å². The second-order valence-corrected chi connectivity index (χ2v) is 6.50. The molecule has 3 atom stereocenters. The van der Waals surface area contributed by atoms with E-state index in [1.54, 1.807) is 0 Å². The Morgan fingerprint density at radius 2 is 2.38 bits per heavy atom. The molecule has 0 amide bonds. The predicted molar refractivity (Wildman–Crippen MR) is 70.1 cm³/mol. The minimum absolute atomic E-state index is 0.551. The van der Waals surface area contributed by atoms with Gasteiger partial charge in [0.1, 0.15) is 0 Å². The van der Waals surface area contributed by atoms with E-state index < -0.39 is 0 Å². The first-order valence-corrected chi connectivity index (χ1v) is 7.12. The fraction of sp³-hybridized carbons (Fsp3) is 0.769. The lowest BCUT2D eigenvalue weighted by Crippen LogP contribution is -2.29. The van der Waals surface area contributed by atoms with E-state index in [0.717, 1.165) is 18.5 Å². The summed E-state index contributed by atoms with van der Waals surface area (Å²) in [5, 5.41) is 4.96. The van der Waals surface area contributed by atoms with E-state index >= 15 is 0 Å². The highest BCUT2D eigenvalue weighted by Gasteiger charge is 2.21. The number of aromatic nitrogens is 1. The summed E-state index contributed by atoms with van der Waals surface area (Å²) in [7, 11) is 0. The highest BCUT2D eigenvalue weighted by molar-refractivity contribution is 7.11. The second kappa shape index (κ2) is 5.28. The zero-order valence-electron chi connectivity index (χ0n) is 10.5. The molecular weight excluding hydrogens is 216 g/mol. The Bertz CT molecular complexity index is 334. The van der Waals surface area contributed by atoms with Crippen LogP contribution in [0.25, 0.3) is 0 Å². The lowest BCUT2D eigenvalue weighted by molar-refractivity contribution is 0.483. The molecule has 1 aliphatic carbocycles. The molecule has 1 heterocycles. The monoisotopic (exact) mass is 238 g/mol. The van der Waals surface area contributed by atoms with E-state index in [-0.39, 0.29) is 0 Å². The molecule has 1 aromatic rings. The first-order valence-electron chi connectivity index (χ1n) is 6.31. The maximum absolute atomic E-state index is 4.45. The summed E-state index contributed by atoms with van der Waals surface area (Å²) in [5.74, 6) is 1.46. The molecule has 0 saturated heterocycles. The van der Waals surface area contributed by atoms with Crippen molar-refractivity contribution in [2.24, 2.45) is 5.92 Å². The second-order valence-electron chi connectivity index (χ2n) is 5.23. The van der Waals surface area contributed by atoms with Crippen LogP contribution in [0.2, 0.25) is 0 Å². The van der Waals surface area contributed by atoms with E-state index in [9.17, 15) is 0 Å². The maximum atomic E-state index is 4.45. The van der Waals surface area contributed by atoms with E-state index in [0.29, 0.717) is 5.92 Å². The zero-order chi connectivity index (χ0) is 11.5. The van der Waals surface area contributed by atoms with Crippen LogP contribution in [0, 0.1) is 12.8 Å². The fourth-order valence-electron chi connectivity index (χ4n) is 2.42. The Hall–Kier alpha value is -0.410. The summed E-state index contributed by atoms with van der Waals surface area (Å²) in [5.41, 5.74) is 0. The van der Waals surface area contributed by atoms with Gasteiger partial charge in [0.2, 0.25) is 0 Å². The number of thiazole rings is 1. The standard InChI is InChI=1S/C13H22N2S/c1-9-4-5-12(6-9)14-7-10(2)13-15-8-11(3)16-13/h8-10,12,14H,4-7H2,1-3H3. The average Bonchev–Trinajstić information content (AvgIpc) is 2.84. The van der Waals surface area contributed by atoms with Gasteiger partial charge in [0.15, 0.2) is 0 Å². The molecule has 90 valence electrons. The molecule has 0 spiro atoms. The lowest BCUT2D eigenvalue weighted by Gasteiger charge is -2.15. The van der Waals surface area contributed by atoms with E-state index in [4.69, 9.17) is 0 Å². The van der Waals surface area contributed by atoms with Gasteiger partial charge in [-0.1, -0.05) is 13.8 Å². The van der Waals surface area contributed by atoms with Crippen LogP contribution in [0.5, 0.6) is 0 Å². The van der Waals surface area contributed by atoms with Crippen LogP contribution in [-0.4, -0.2) is 17.6 Å². The fourth-order valence-corrected chi connectivity index (χ4v) is 3.25. The molecule has 0 aliphatic heterocycles. The summed E-state index contributed by atoms with van der Waals surface area (Å²) in [6.45, 7) is 7.82. The first kappa shape index (κ1) is 12.1. The molecule has 0 radical (unpaired) electrons. The van der Waals surface area contributed by atoms with Crippen LogP contribution in [0.1, 0.15) is 48.9 Å². The number of hydrogen-bond donors (Lipinski definition) is 1. The highest BCUT2D eigenvalue weighted by Crippen LogP contribution is 2.26. The molecule has 1 aromatic heterocycles. The summed E-state index contributed by atoms with van der Waals surface area (Å²) in [6, 6.07) is 0.749. The Kier molecular flexibility index (Phi) is 3.98. The summed E-state index contributed by atoms with van der Waals surface area (Å²) in [4.78, 5) is 5.77. The predicted octanol–water partition coefficient (Wildman–Crippen LogP) is 3.33.